The lowest BCUT2D eigenvalue weighted by Crippen LogP contribution is -2.29. The van der Waals surface area contributed by atoms with Gasteiger partial charge in [0.1, 0.15) is 0 Å². The highest BCUT2D eigenvalue weighted by molar-refractivity contribution is 7.98. The van der Waals surface area contributed by atoms with Crippen LogP contribution in [0.1, 0.15) is 31.2 Å². The van der Waals surface area contributed by atoms with Crippen molar-refractivity contribution in [1.29, 1.82) is 0 Å². The minimum absolute atomic E-state index is 0.222. The summed E-state index contributed by atoms with van der Waals surface area (Å²) in [4.78, 5) is 14.6. The van der Waals surface area contributed by atoms with Gasteiger partial charge in [-0.05, 0) is 55.7 Å². The molecule has 0 atom stereocenters. The van der Waals surface area contributed by atoms with Gasteiger partial charge in [0.15, 0.2) is 0 Å². The molecule has 0 saturated heterocycles. The Balaban J connectivity index is 2.08. The first-order valence-electron chi connectivity index (χ1n) is 6.31. The molecule has 0 spiro atoms. The molecule has 1 heterocycles. The predicted molar refractivity (Wildman–Crippen MR) is 86.2 cm³/mol. The van der Waals surface area contributed by atoms with Crippen LogP contribution in [0, 0.1) is 20.8 Å². The molecule has 0 aliphatic rings. The Morgan fingerprint density at radius 3 is 2.65 bits per heavy atom. The van der Waals surface area contributed by atoms with Gasteiger partial charge in [-0.3, -0.25) is 10.2 Å². The molecule has 1 aromatic carbocycles. The van der Waals surface area contributed by atoms with Crippen molar-refractivity contribution < 1.29 is 4.79 Å². The second-order valence-corrected chi connectivity index (χ2v) is 7.01. The van der Waals surface area contributed by atoms with Crippen LogP contribution in [0.25, 0.3) is 0 Å². The third-order valence-electron chi connectivity index (χ3n) is 3.25. The molecule has 0 fully saturated rings. The summed E-state index contributed by atoms with van der Waals surface area (Å²) in [5.41, 5.74) is 5.98. The van der Waals surface area contributed by atoms with Crippen LogP contribution in [0.5, 0.6) is 0 Å². The first-order valence-corrected chi connectivity index (χ1v) is 8.11. The summed E-state index contributed by atoms with van der Waals surface area (Å²) in [6.45, 7) is 6.28. The minimum atomic E-state index is -0.222. The molecule has 3 nitrogen and oxygen atoms in total. The molecule has 5 heteroatoms. The number of carbonyl (C=O) groups excluding carboxylic acids is 1. The maximum Gasteiger partial charge on any atom is 0.275 e. The molecule has 0 unspecified atom stereocenters. The highest BCUT2D eigenvalue weighted by atomic mass is 32.2. The summed E-state index contributed by atoms with van der Waals surface area (Å²) < 4.78 is 0. The minimum Gasteiger partial charge on any atom is -0.289 e. The van der Waals surface area contributed by atoms with E-state index in [4.69, 9.17) is 5.84 Å². The van der Waals surface area contributed by atoms with E-state index in [0.29, 0.717) is 4.88 Å². The van der Waals surface area contributed by atoms with Gasteiger partial charge >= 0.3 is 0 Å². The number of benzene rings is 1. The smallest absolute Gasteiger partial charge is 0.275 e. The molecule has 2 aromatic rings. The number of hydrogen-bond acceptors (Lipinski definition) is 4. The van der Waals surface area contributed by atoms with Gasteiger partial charge in [-0.25, -0.2) is 5.84 Å². The number of hydrazine groups is 1. The summed E-state index contributed by atoms with van der Waals surface area (Å²) >= 11 is 3.27. The van der Waals surface area contributed by atoms with Crippen LogP contribution in [-0.2, 0) is 5.75 Å². The van der Waals surface area contributed by atoms with E-state index in [1.165, 1.54) is 37.8 Å². The van der Waals surface area contributed by atoms with Crippen LogP contribution in [0.2, 0.25) is 0 Å². The fourth-order valence-electron chi connectivity index (χ4n) is 1.81. The fraction of sp³-hybridized carbons (Fsp3) is 0.267. The van der Waals surface area contributed by atoms with Crippen LogP contribution >= 0.6 is 23.1 Å². The van der Waals surface area contributed by atoms with Gasteiger partial charge in [-0.1, -0.05) is 6.07 Å². The van der Waals surface area contributed by atoms with Crippen LogP contribution in [-0.4, -0.2) is 5.91 Å². The maximum absolute atomic E-state index is 11.5. The van der Waals surface area contributed by atoms with Gasteiger partial charge in [-0.15, -0.1) is 23.1 Å². The zero-order valence-electron chi connectivity index (χ0n) is 11.8. The Bertz CT molecular complexity index is 635. The average Bonchev–Trinajstić information content (AvgIpc) is 2.80. The average molecular weight is 306 g/mol. The second kappa shape index (κ2) is 6.43. The lowest BCUT2D eigenvalue weighted by Gasteiger charge is -2.05. The number of nitrogen functional groups attached to an aromatic ring is 1. The molecule has 0 aliphatic heterocycles. The first-order chi connectivity index (χ1) is 9.51. The Kier molecular flexibility index (Phi) is 4.86. The second-order valence-electron chi connectivity index (χ2n) is 4.70. The molecule has 3 N–H and O–H groups in total. The van der Waals surface area contributed by atoms with Crippen molar-refractivity contribution in [3.63, 3.8) is 0 Å². The van der Waals surface area contributed by atoms with E-state index in [0.717, 1.165) is 5.75 Å². The van der Waals surface area contributed by atoms with Gasteiger partial charge in [0, 0.05) is 15.5 Å². The lowest BCUT2D eigenvalue weighted by atomic mass is 10.1. The standard InChI is InChI=1S/C15H18N2OS2/c1-9-4-5-13(6-10(9)2)19-8-12-7-14(15(18)17-16)20-11(12)3/h4-7H,8,16H2,1-3H3,(H,17,18). The van der Waals surface area contributed by atoms with E-state index >= 15 is 0 Å². The highest BCUT2D eigenvalue weighted by Gasteiger charge is 2.11. The molecule has 0 saturated carbocycles. The number of nitrogens with two attached hydrogens (primary N) is 1. The number of hydrogen-bond donors (Lipinski definition) is 2. The largest absolute Gasteiger partial charge is 0.289 e. The van der Waals surface area contributed by atoms with Crippen molar-refractivity contribution in [1.82, 2.24) is 5.43 Å². The topological polar surface area (TPSA) is 55.1 Å². The van der Waals surface area contributed by atoms with E-state index in [1.807, 2.05) is 13.0 Å². The summed E-state index contributed by atoms with van der Waals surface area (Å²) in [6.07, 6.45) is 0. The number of nitrogens with one attached hydrogen (secondary N) is 1. The summed E-state index contributed by atoms with van der Waals surface area (Å²) in [5.74, 6) is 5.80. The van der Waals surface area contributed by atoms with E-state index in [1.54, 1.807) is 11.8 Å². The van der Waals surface area contributed by atoms with Crippen molar-refractivity contribution in [2.75, 3.05) is 0 Å². The normalized spacial score (nSPS) is 10.6. The molecular weight excluding hydrogens is 288 g/mol. The number of aryl methyl sites for hydroxylation is 3. The van der Waals surface area contributed by atoms with Gasteiger partial charge in [0.25, 0.3) is 5.91 Å². The number of thiophene rings is 1. The molecule has 0 radical (unpaired) electrons. The van der Waals surface area contributed by atoms with Crippen molar-refractivity contribution in [3.05, 3.63) is 50.7 Å². The van der Waals surface area contributed by atoms with Crippen LogP contribution < -0.4 is 11.3 Å². The van der Waals surface area contributed by atoms with Crippen LogP contribution in [0.15, 0.2) is 29.2 Å². The maximum atomic E-state index is 11.5. The summed E-state index contributed by atoms with van der Waals surface area (Å²) in [5, 5.41) is 0. The van der Waals surface area contributed by atoms with Crippen molar-refractivity contribution >= 4 is 29.0 Å². The molecule has 106 valence electrons. The molecule has 2 rings (SSSR count). The molecule has 0 aliphatic carbocycles. The van der Waals surface area contributed by atoms with Crippen LogP contribution in [0.4, 0.5) is 0 Å². The predicted octanol–water partition coefficient (Wildman–Crippen LogP) is 3.57. The number of amides is 1. The monoisotopic (exact) mass is 306 g/mol. The Hall–Kier alpha value is -1.30. The highest BCUT2D eigenvalue weighted by Crippen LogP contribution is 2.29. The number of carbonyl (C=O) groups is 1. The van der Waals surface area contributed by atoms with Gasteiger partial charge in [-0.2, -0.15) is 0 Å². The lowest BCUT2D eigenvalue weighted by molar-refractivity contribution is 0.0957. The van der Waals surface area contributed by atoms with E-state index in [-0.39, 0.29) is 5.91 Å². The van der Waals surface area contributed by atoms with E-state index in [2.05, 4.69) is 37.5 Å². The third-order valence-corrected chi connectivity index (χ3v) is 5.38. The summed E-state index contributed by atoms with van der Waals surface area (Å²) in [7, 11) is 0. The Morgan fingerprint density at radius 1 is 1.25 bits per heavy atom. The van der Waals surface area contributed by atoms with Crippen molar-refractivity contribution in [2.24, 2.45) is 5.84 Å². The molecular formula is C15H18N2OS2. The van der Waals surface area contributed by atoms with E-state index in [9.17, 15) is 4.79 Å². The summed E-state index contributed by atoms with van der Waals surface area (Å²) in [6, 6.07) is 8.42. The van der Waals surface area contributed by atoms with Gasteiger partial charge < -0.3 is 0 Å². The Morgan fingerprint density at radius 2 is 2.00 bits per heavy atom. The van der Waals surface area contributed by atoms with Crippen molar-refractivity contribution in [2.45, 2.75) is 31.4 Å². The fourth-order valence-corrected chi connectivity index (χ4v) is 3.89. The third kappa shape index (κ3) is 3.42. The van der Waals surface area contributed by atoms with Crippen LogP contribution in [0.3, 0.4) is 0 Å². The van der Waals surface area contributed by atoms with Gasteiger partial charge in [0.2, 0.25) is 0 Å². The van der Waals surface area contributed by atoms with Crippen molar-refractivity contribution in [3.8, 4) is 0 Å². The Labute approximate surface area is 127 Å². The zero-order valence-corrected chi connectivity index (χ0v) is 13.5. The molecule has 0 bridgehead atoms. The van der Waals surface area contributed by atoms with Gasteiger partial charge in [0.05, 0.1) is 4.88 Å². The quantitative estimate of drug-likeness (QED) is 0.393. The molecule has 20 heavy (non-hydrogen) atoms. The first kappa shape index (κ1) is 15.1. The van der Waals surface area contributed by atoms with E-state index < -0.39 is 0 Å². The SMILES string of the molecule is Cc1ccc(SCc2cc(C(=O)NN)sc2C)cc1C. The molecule has 1 amide bonds. The number of rotatable bonds is 4. The number of thioether (sulfide) groups is 1. The zero-order chi connectivity index (χ0) is 14.7. The molecule has 1 aromatic heterocycles.